The maximum atomic E-state index is 11.6. The molecule has 12 nitrogen and oxygen atoms in total. The molecule has 4 N–H and O–H groups in total. The molecule has 0 aliphatic carbocycles. The monoisotopic (exact) mass is 638 g/mol. The van der Waals surface area contributed by atoms with E-state index in [2.05, 4.69) is 24.2 Å². The van der Waals surface area contributed by atoms with Gasteiger partial charge in [0.15, 0.2) is 0 Å². The van der Waals surface area contributed by atoms with E-state index in [9.17, 15) is 24.6 Å². The van der Waals surface area contributed by atoms with E-state index >= 15 is 0 Å². The van der Waals surface area contributed by atoms with Crippen LogP contribution in [0.5, 0.6) is 0 Å². The molecular weight excluding hydrogens is 584 g/mol. The number of aliphatic hydroxyl groups excluding tert-OH is 2. The Hall–Kier alpha value is -1.54. The van der Waals surface area contributed by atoms with Crippen LogP contribution in [-0.2, 0) is 14.4 Å². The fourth-order valence-electron chi connectivity index (χ4n) is 3.50. The number of rotatable bonds is 24. The molecule has 0 aromatic rings. The van der Waals surface area contributed by atoms with Crippen molar-refractivity contribution in [3.8, 4) is 0 Å². The first-order valence-electron chi connectivity index (χ1n) is 15.0. The average molecular weight is 639 g/mol. The van der Waals surface area contributed by atoms with E-state index in [4.69, 9.17) is 15.3 Å². The largest absolute Gasteiger partial charge is 2.00 e. The number of hydrogen-bond donors (Lipinski definition) is 4. The molecule has 0 aromatic carbocycles. The number of hydrogen-bond acceptors (Lipinski definition) is 10. The number of aliphatic hydroxyl groups is 2. The first-order valence-corrected chi connectivity index (χ1v) is 15.0. The number of nitrogens with one attached hydrogen (secondary N) is 1. The summed E-state index contributed by atoms with van der Waals surface area (Å²) in [5, 5.41) is 51.7. The van der Waals surface area contributed by atoms with Crippen LogP contribution in [0.15, 0.2) is 29.3 Å². The molecule has 0 fully saturated rings. The van der Waals surface area contributed by atoms with E-state index in [1.807, 2.05) is 6.08 Å². The Morgan fingerprint density at radius 2 is 1.33 bits per heavy atom. The van der Waals surface area contributed by atoms with Gasteiger partial charge >= 0.3 is 43.7 Å². The number of nitrogens with zero attached hydrogens (tertiary/aromatic N) is 3. The number of carbonyl (C=O) groups excluding carboxylic acids is 2. The Morgan fingerprint density at radius 3 is 1.79 bits per heavy atom. The van der Waals surface area contributed by atoms with Crippen LogP contribution in [0.25, 0.3) is 0 Å². The minimum Gasteiger partial charge on any atom is -0.859 e. The van der Waals surface area contributed by atoms with Gasteiger partial charge in [0.25, 0.3) is 0 Å². The van der Waals surface area contributed by atoms with Gasteiger partial charge in [0.2, 0.25) is 5.91 Å². The van der Waals surface area contributed by atoms with Crippen molar-refractivity contribution in [2.45, 2.75) is 104 Å². The molecule has 0 saturated carbocycles. The summed E-state index contributed by atoms with van der Waals surface area (Å²) in [6.45, 7) is 8.16. The second-order valence-electron chi connectivity index (χ2n) is 9.92. The van der Waals surface area contributed by atoms with Gasteiger partial charge in [0, 0.05) is 32.3 Å². The van der Waals surface area contributed by atoms with Crippen molar-refractivity contribution >= 4 is 61.5 Å². The number of amides is 1. The second kappa shape index (κ2) is 31.9. The third-order valence-electron chi connectivity index (χ3n) is 6.34. The Morgan fingerprint density at radius 1 is 0.814 bits per heavy atom. The Labute approximate surface area is 287 Å². The van der Waals surface area contributed by atoms with Gasteiger partial charge in [-0.15, -0.1) is 0 Å². The molecular formula is C30H54CaN4O8. The molecule has 0 aliphatic heterocycles. The summed E-state index contributed by atoms with van der Waals surface area (Å²) in [7, 11) is 0. The zero-order valence-corrected chi connectivity index (χ0v) is 28.9. The molecule has 43 heavy (non-hydrogen) atoms. The van der Waals surface area contributed by atoms with Crippen LogP contribution >= 0.6 is 0 Å². The van der Waals surface area contributed by atoms with Crippen molar-refractivity contribution in [3.05, 3.63) is 24.3 Å². The molecule has 0 aliphatic rings. The predicted octanol–water partition coefficient (Wildman–Crippen LogP) is 0.635. The summed E-state index contributed by atoms with van der Waals surface area (Å²) in [5.41, 5.74) is 0. The number of unbranched alkanes of at least 4 members (excludes halogenated alkanes) is 6. The fraction of sp³-hybridized carbons (Fsp3) is 0.733. The van der Waals surface area contributed by atoms with Crippen LogP contribution in [0.2, 0.25) is 0 Å². The van der Waals surface area contributed by atoms with E-state index in [0.29, 0.717) is 25.9 Å². The van der Waals surface area contributed by atoms with Crippen LogP contribution in [-0.4, -0.2) is 138 Å². The van der Waals surface area contributed by atoms with E-state index < -0.39 is 24.0 Å². The van der Waals surface area contributed by atoms with Gasteiger partial charge in [0.05, 0.1) is 19.3 Å². The molecule has 0 bridgehead atoms. The maximum absolute atomic E-state index is 11.6. The van der Waals surface area contributed by atoms with Crippen LogP contribution < -0.4 is 15.5 Å². The Balaban J connectivity index is -0.000000727. The summed E-state index contributed by atoms with van der Waals surface area (Å²) in [6.07, 6.45) is 15.8. The summed E-state index contributed by atoms with van der Waals surface area (Å²) in [4.78, 5) is 40.4. The summed E-state index contributed by atoms with van der Waals surface area (Å²) in [6, 6.07) is -1.55. The summed E-state index contributed by atoms with van der Waals surface area (Å²) in [5.74, 6) is -2.76. The van der Waals surface area contributed by atoms with E-state index in [-0.39, 0.29) is 76.1 Å². The van der Waals surface area contributed by atoms with Gasteiger partial charge in [-0.05, 0) is 64.3 Å². The van der Waals surface area contributed by atoms with E-state index in [1.54, 1.807) is 17.9 Å². The molecule has 0 rings (SSSR count). The Kier molecular flexibility index (Phi) is 34.0. The van der Waals surface area contributed by atoms with Crippen LogP contribution in [0.1, 0.15) is 91.9 Å². The second-order valence-corrected chi connectivity index (χ2v) is 9.92. The molecule has 1 amide bonds. The van der Waals surface area contributed by atoms with Crippen LogP contribution in [0, 0.1) is 0 Å². The van der Waals surface area contributed by atoms with Crippen molar-refractivity contribution in [3.63, 3.8) is 0 Å². The van der Waals surface area contributed by atoms with Gasteiger partial charge in [-0.3, -0.25) is 24.4 Å². The van der Waals surface area contributed by atoms with Gasteiger partial charge in [-0.1, -0.05) is 57.8 Å². The number of carboxylic acid groups (broad SMARTS) is 2. The molecule has 2 unspecified atom stereocenters. The quantitative estimate of drug-likeness (QED) is 0.0292. The van der Waals surface area contributed by atoms with Gasteiger partial charge in [-0.25, -0.2) is 0 Å². The number of allylic oxidation sites excluding steroid dienone is 2. The number of carboxylic acids is 2. The first-order chi connectivity index (χ1) is 20.0. The average Bonchev–Trinajstić information content (AvgIpc) is 2.96. The number of carbonyl (C=O) groups is 3. The standard InChI is InChI=1S/2C15H28N2O4.Ca/c2*1-3-4-5-6-7-9-14(19)16-12-17(10-8-11-18)13(2)15(20)21;/h2*7,9,13,18H,3-6,8,10-12H2,1-2H3,(H,16,19)(H,20,21);/q;;+2/p-2/b2*9-7+;. The van der Waals surface area contributed by atoms with Crippen molar-refractivity contribution < 1.29 is 39.9 Å². The van der Waals surface area contributed by atoms with Crippen molar-refractivity contribution in [1.29, 1.82) is 0 Å². The smallest absolute Gasteiger partial charge is 0.859 e. The molecule has 13 heteroatoms. The van der Waals surface area contributed by atoms with Gasteiger partial charge in [0.1, 0.15) is 6.04 Å². The molecule has 0 saturated heterocycles. The van der Waals surface area contributed by atoms with Crippen LogP contribution in [0.3, 0.4) is 0 Å². The molecule has 0 heterocycles. The molecule has 0 aromatic heterocycles. The summed E-state index contributed by atoms with van der Waals surface area (Å²) >= 11 is 0. The minimum atomic E-state index is -1.22. The van der Waals surface area contributed by atoms with E-state index in [1.165, 1.54) is 24.0 Å². The summed E-state index contributed by atoms with van der Waals surface area (Å²) < 4.78 is 0. The van der Waals surface area contributed by atoms with Gasteiger partial charge in [-0.2, -0.15) is 0 Å². The SMILES string of the molecule is CCCCC/C=C/C(=O)NCN(CCCO)C(C)C(=O)O.CCCCC/C=C/C([O-])=NCN(CCCO)C(C)C(=O)[O-].[Ca+2]. The Bertz CT molecular complexity index is 811. The normalized spacial score (nSPS) is 13.1. The van der Waals surface area contributed by atoms with Crippen molar-refractivity contribution in [2.75, 3.05) is 39.6 Å². The minimum absolute atomic E-state index is 0. The third-order valence-corrected chi connectivity index (χ3v) is 6.34. The van der Waals surface area contributed by atoms with Crippen molar-refractivity contribution in [2.24, 2.45) is 4.99 Å². The molecule has 0 radical (unpaired) electrons. The maximum Gasteiger partial charge on any atom is 2.00 e. The fourth-order valence-corrected chi connectivity index (χ4v) is 3.50. The van der Waals surface area contributed by atoms with Gasteiger partial charge < -0.3 is 35.6 Å². The molecule has 2 atom stereocenters. The van der Waals surface area contributed by atoms with E-state index in [0.717, 1.165) is 51.4 Å². The topological polar surface area (TPSA) is 189 Å². The zero-order valence-electron chi connectivity index (χ0n) is 26.7. The predicted molar refractivity (Wildman–Crippen MR) is 166 cm³/mol. The third kappa shape index (κ3) is 27.7. The van der Waals surface area contributed by atoms with Crippen molar-refractivity contribution in [1.82, 2.24) is 15.1 Å². The molecule has 0 spiro atoms. The van der Waals surface area contributed by atoms with Crippen LogP contribution in [0.4, 0.5) is 0 Å². The number of aliphatic imine (C=N–C) groups is 1. The number of aliphatic carboxylic acids is 2. The molecule has 244 valence electrons. The first kappa shape index (κ1) is 45.9. The zero-order chi connectivity index (χ0) is 32.2.